The predicted octanol–water partition coefficient (Wildman–Crippen LogP) is 20.9. The first kappa shape index (κ1) is 84.5. The van der Waals surface area contributed by atoms with Crippen molar-refractivity contribution in [1.82, 2.24) is 0 Å². The Morgan fingerprint density at radius 3 is 1.30 bits per heavy atom. The average Bonchev–Trinajstić information content (AvgIpc) is 0.777. The summed E-state index contributed by atoms with van der Waals surface area (Å²) in [5, 5.41) is 41.7. The van der Waals surface area contributed by atoms with Gasteiger partial charge in [0.25, 0.3) is 0 Å². The Morgan fingerprint density at radius 2 is 0.860 bits per heavy atom. The van der Waals surface area contributed by atoms with E-state index in [4.69, 9.17) is 0 Å². The van der Waals surface area contributed by atoms with E-state index >= 15 is 0 Å². The van der Waals surface area contributed by atoms with Crippen molar-refractivity contribution in [2.45, 2.75) is 264 Å². The zero-order valence-corrected chi connectivity index (χ0v) is 63.3. The standard InChI is InChI=1S/C23H30O3.C22H30O3.C21H28O4.C21H30O3/c1-6-7-8-9-18-20(13-24)23(26)21(16(5)22(18)25)19-12-15(4)10-11-17(19)14(2)3;1-6-7-8-9-17-15(5)20(23)19(22(25)21(17)24)18-12-14(4)10-11-16(18)13(2)3;1-5-6-7-8-15-18(22)20(24)17(21(25)19(15)23)16-11-13(4)9-10-14(16)12(2)3;1-5-6-7-11-17-14-19(22)18(21(24)20(17)23)13-12-16(4)10-8-9-15(2)3/h12-13,17,19H,2,6-11H2,1,3-5H3;12,16,18,23H,2,6-11H2,1,3-5H3;11,14,16,22,25H,2,5-10H2,1,3-4H3;9,12,14,24H,5-8,10-11,13H2,1-4H3/b;;;16-12+/t17?,19-;16?,18-;14?,16-;/m111./s1. The second-order valence-corrected chi connectivity index (χ2v) is 29.2. The van der Waals surface area contributed by atoms with Gasteiger partial charge in [-0.15, -0.1) is 0 Å². The number of aldehydes is 1. The van der Waals surface area contributed by atoms with Crippen LogP contribution < -0.4 is 0 Å². The number of hydrogen-bond donors (Lipinski definition) is 4. The summed E-state index contributed by atoms with van der Waals surface area (Å²) in [5.41, 5.74) is 12.5. The molecule has 0 amide bonds. The van der Waals surface area contributed by atoms with Crippen molar-refractivity contribution in [3.8, 4) is 0 Å². The lowest BCUT2D eigenvalue weighted by atomic mass is 9.68. The van der Waals surface area contributed by atoms with E-state index in [1.807, 2.05) is 66.7 Å². The molecule has 3 unspecified atom stereocenters. The number of hydrogen-bond acceptors (Lipinski definition) is 13. The van der Waals surface area contributed by atoms with Crippen molar-refractivity contribution in [3.05, 3.63) is 185 Å². The smallest absolute Gasteiger partial charge is 0.233 e. The topological polar surface area (TPSA) is 235 Å². The van der Waals surface area contributed by atoms with Gasteiger partial charge >= 0.3 is 0 Å². The molecule has 6 atom stereocenters. The molecule has 7 aliphatic rings. The van der Waals surface area contributed by atoms with Crippen LogP contribution in [0.5, 0.6) is 0 Å². The molecule has 4 N–H and O–H groups in total. The minimum Gasteiger partial charge on any atom is -0.507 e. The van der Waals surface area contributed by atoms with E-state index in [9.17, 15) is 63.6 Å². The number of ketones is 8. The zero-order valence-electron chi connectivity index (χ0n) is 63.3. The van der Waals surface area contributed by atoms with Gasteiger partial charge in [0.2, 0.25) is 28.9 Å². The van der Waals surface area contributed by atoms with Crippen molar-refractivity contribution in [3.63, 3.8) is 0 Å². The Balaban J connectivity index is 0.000000283. The van der Waals surface area contributed by atoms with E-state index in [1.54, 1.807) is 13.8 Å². The molecule has 0 bridgehead atoms. The van der Waals surface area contributed by atoms with Gasteiger partial charge in [-0.05, 0) is 215 Å². The quantitative estimate of drug-likeness (QED) is 0.0109. The Bertz CT molecular complexity index is 3650. The van der Waals surface area contributed by atoms with E-state index in [-0.39, 0.29) is 92.1 Å². The lowest BCUT2D eigenvalue weighted by Gasteiger charge is -2.34. The number of aliphatic hydroxyl groups is 4. The predicted molar refractivity (Wildman–Crippen MR) is 403 cm³/mol. The molecular formula is C87H118O13. The van der Waals surface area contributed by atoms with Crippen LogP contribution >= 0.6 is 0 Å². The lowest BCUT2D eigenvalue weighted by Crippen LogP contribution is -2.33. The molecule has 0 heterocycles. The number of aliphatic hydroxyl groups excluding tert-OH is 4. The summed E-state index contributed by atoms with van der Waals surface area (Å²) in [6, 6.07) is 0. The lowest BCUT2D eigenvalue weighted by molar-refractivity contribution is -0.133. The van der Waals surface area contributed by atoms with Gasteiger partial charge in [-0.2, -0.15) is 0 Å². The maximum atomic E-state index is 13.2. The van der Waals surface area contributed by atoms with Crippen molar-refractivity contribution in [2.75, 3.05) is 0 Å². The minimum atomic E-state index is -0.620. The maximum absolute atomic E-state index is 13.2. The molecule has 0 aromatic carbocycles. The van der Waals surface area contributed by atoms with Crippen LogP contribution in [-0.2, 0) is 43.2 Å². The largest absolute Gasteiger partial charge is 0.507 e. The summed E-state index contributed by atoms with van der Waals surface area (Å²) < 4.78 is 0. The number of Topliss-reactive ketones (excluding diaryl/α,β-unsaturated/α-hetero) is 7. The highest BCUT2D eigenvalue weighted by atomic mass is 16.3. The highest BCUT2D eigenvalue weighted by Crippen LogP contribution is 2.45. The molecule has 544 valence electrons. The average molecular weight is 1370 g/mol. The van der Waals surface area contributed by atoms with Crippen LogP contribution in [0.15, 0.2) is 185 Å². The second-order valence-electron chi connectivity index (χ2n) is 29.2. The first-order chi connectivity index (χ1) is 47.3. The molecule has 13 heteroatoms. The van der Waals surface area contributed by atoms with Gasteiger partial charge in [-0.1, -0.05) is 174 Å². The molecule has 0 saturated heterocycles. The van der Waals surface area contributed by atoms with E-state index < -0.39 is 40.6 Å². The van der Waals surface area contributed by atoms with Gasteiger partial charge in [-0.25, -0.2) is 0 Å². The fourth-order valence-electron chi connectivity index (χ4n) is 14.5. The monoisotopic (exact) mass is 1370 g/mol. The van der Waals surface area contributed by atoms with Crippen LogP contribution in [0.2, 0.25) is 0 Å². The minimum absolute atomic E-state index is 0.0123. The fourth-order valence-corrected chi connectivity index (χ4v) is 14.5. The second kappa shape index (κ2) is 40.5. The summed E-state index contributed by atoms with van der Waals surface area (Å²) in [5.74, 6) is -5.16. The summed E-state index contributed by atoms with van der Waals surface area (Å²) in [4.78, 5) is 113. The molecule has 13 nitrogen and oxygen atoms in total. The number of unbranched alkanes of at least 4 members (excludes halogenated alkanes) is 8. The summed E-state index contributed by atoms with van der Waals surface area (Å²) in [7, 11) is 0. The van der Waals surface area contributed by atoms with Crippen LogP contribution in [0, 0.1) is 35.5 Å². The van der Waals surface area contributed by atoms with Crippen molar-refractivity contribution < 1.29 is 63.6 Å². The van der Waals surface area contributed by atoms with Crippen LogP contribution in [0.4, 0.5) is 0 Å². The van der Waals surface area contributed by atoms with Gasteiger partial charge in [0.1, 0.15) is 5.76 Å². The molecule has 0 aliphatic heterocycles. The molecule has 7 rings (SSSR count). The Hall–Kier alpha value is -7.93. The molecule has 0 fully saturated rings. The molecule has 0 aromatic heterocycles. The third-order valence-electron chi connectivity index (χ3n) is 20.7. The molecule has 7 aliphatic carbocycles. The highest BCUT2D eigenvalue weighted by Gasteiger charge is 2.43. The summed E-state index contributed by atoms with van der Waals surface area (Å²) in [6.45, 7) is 42.0. The van der Waals surface area contributed by atoms with Gasteiger partial charge in [0.05, 0.1) is 16.7 Å². The fraction of sp³-hybridized carbons (Fsp3) is 0.529. The first-order valence-electron chi connectivity index (χ1n) is 36.9. The van der Waals surface area contributed by atoms with Crippen LogP contribution in [0.3, 0.4) is 0 Å². The van der Waals surface area contributed by atoms with E-state index in [2.05, 4.69) is 73.4 Å². The van der Waals surface area contributed by atoms with Crippen LogP contribution in [0.1, 0.15) is 264 Å². The molecule has 100 heavy (non-hydrogen) atoms. The van der Waals surface area contributed by atoms with Crippen molar-refractivity contribution in [1.29, 1.82) is 0 Å². The molecule has 0 spiro atoms. The van der Waals surface area contributed by atoms with Crippen LogP contribution in [-0.4, -0.2) is 73.0 Å². The number of carbonyl (C=O) groups is 9. The van der Waals surface area contributed by atoms with Gasteiger partial charge in [-0.3, -0.25) is 43.2 Å². The van der Waals surface area contributed by atoms with Crippen LogP contribution in [0.25, 0.3) is 0 Å². The van der Waals surface area contributed by atoms with E-state index in [0.29, 0.717) is 78.2 Å². The van der Waals surface area contributed by atoms with Gasteiger partial charge < -0.3 is 20.4 Å². The number of carbonyl (C=O) groups excluding carboxylic acids is 9. The van der Waals surface area contributed by atoms with Crippen molar-refractivity contribution in [2.24, 2.45) is 35.5 Å². The van der Waals surface area contributed by atoms with E-state index in [1.165, 1.54) is 22.8 Å². The number of allylic oxidation sites excluding steroid dienone is 25. The Kier molecular flexibility index (Phi) is 34.2. The third kappa shape index (κ3) is 22.0. The Labute approximate surface area is 598 Å². The van der Waals surface area contributed by atoms with E-state index in [0.717, 1.165) is 150 Å². The number of rotatable bonds is 28. The van der Waals surface area contributed by atoms with Gasteiger partial charge in [0.15, 0.2) is 40.9 Å². The summed E-state index contributed by atoms with van der Waals surface area (Å²) in [6.07, 6.45) is 33.0. The molecular weight excluding hydrogens is 1250 g/mol. The zero-order chi connectivity index (χ0) is 75.0. The normalized spacial score (nSPS) is 22.4. The van der Waals surface area contributed by atoms with Crippen molar-refractivity contribution >= 4 is 52.6 Å². The summed E-state index contributed by atoms with van der Waals surface area (Å²) >= 11 is 0. The Morgan fingerprint density at radius 1 is 0.440 bits per heavy atom. The molecule has 0 aromatic rings. The van der Waals surface area contributed by atoms with Gasteiger partial charge in [0, 0.05) is 56.8 Å². The highest BCUT2D eigenvalue weighted by molar-refractivity contribution is 6.50. The SMILES string of the molecule is C=C(C)C1CCC(C)=C[C@H]1C1=C(C)C(=O)C(CCCCC)=C(C=O)C1=O.C=C(C)C1CCC(C)=C[C@H]1C1=C(O)C(=O)C(CCCCC)=C(O)C1=O.C=C(C)C1CCC(C)=C[C@H]1C1=C(O)C(C)=C(CCCCC)C(=O)C1=O.CCCCCC1=CC(=O)C(C/C=C(\C)CCC=C(C)C)=C(O)C1=O. The maximum Gasteiger partial charge on any atom is 0.233 e. The molecule has 0 saturated carbocycles. The third-order valence-corrected chi connectivity index (χ3v) is 20.7. The molecule has 0 radical (unpaired) electrons. The first-order valence-corrected chi connectivity index (χ1v) is 36.9.